The molecule has 6 rings (SSSR count). The molecule has 4 N–H and O–H groups in total. The van der Waals surface area contributed by atoms with Gasteiger partial charge < -0.3 is 11.5 Å². The zero-order chi connectivity index (χ0) is 31.1. The molecular weight excluding hydrogens is 591 g/mol. The Hall–Kier alpha value is -5.44. The van der Waals surface area contributed by atoms with Crippen molar-refractivity contribution in [2.24, 2.45) is 0 Å². The first-order chi connectivity index (χ1) is 21.3. The van der Waals surface area contributed by atoms with Crippen molar-refractivity contribution in [3.8, 4) is 45.0 Å². The number of anilines is 2. The van der Waals surface area contributed by atoms with Crippen molar-refractivity contribution in [3.05, 3.63) is 131 Å². The lowest BCUT2D eigenvalue weighted by Gasteiger charge is -2.09. The van der Waals surface area contributed by atoms with Gasteiger partial charge in [-0.1, -0.05) is 109 Å². The van der Waals surface area contributed by atoms with Crippen molar-refractivity contribution in [2.75, 3.05) is 11.5 Å². The number of nitrogen functional groups attached to an aromatic ring is 2. The fourth-order valence-corrected chi connectivity index (χ4v) is 4.88. The third-order valence-electron chi connectivity index (χ3n) is 6.36. The minimum absolute atomic E-state index is 0.133. The van der Waals surface area contributed by atoms with E-state index >= 15 is 0 Å². The van der Waals surface area contributed by atoms with Gasteiger partial charge in [-0.3, -0.25) is 0 Å². The van der Waals surface area contributed by atoms with Gasteiger partial charge in [0.15, 0.2) is 0 Å². The van der Waals surface area contributed by atoms with Crippen molar-refractivity contribution in [3.63, 3.8) is 0 Å². The summed E-state index contributed by atoms with van der Waals surface area (Å²) in [4.78, 5) is 8.68. The number of aromatic nitrogens is 6. The van der Waals surface area contributed by atoms with Crippen LogP contribution in [0.4, 0.5) is 11.9 Å². The van der Waals surface area contributed by atoms with E-state index < -0.39 is 0 Å². The van der Waals surface area contributed by atoms with E-state index in [0.29, 0.717) is 32.8 Å². The van der Waals surface area contributed by atoms with Gasteiger partial charge in [0.2, 0.25) is 11.9 Å². The van der Waals surface area contributed by atoms with Gasteiger partial charge in [0, 0.05) is 32.3 Å². The maximum atomic E-state index is 6.17. The molecule has 216 valence electrons. The van der Waals surface area contributed by atoms with Gasteiger partial charge in [0.1, 0.15) is 22.8 Å². The van der Waals surface area contributed by atoms with E-state index in [1.165, 1.54) is 0 Å². The third kappa shape index (κ3) is 7.12. The fraction of sp³-hybridized carbons (Fsp3) is 0. The maximum Gasteiger partial charge on any atom is 0.240 e. The van der Waals surface area contributed by atoms with Crippen molar-refractivity contribution in [1.29, 1.82) is 0 Å². The first-order valence-corrected chi connectivity index (χ1v) is 14.1. The van der Waals surface area contributed by atoms with Gasteiger partial charge in [0.05, 0.1) is 0 Å². The molecule has 4 aromatic carbocycles. The van der Waals surface area contributed by atoms with Crippen LogP contribution in [0.5, 0.6) is 0 Å². The molecule has 0 spiro atoms. The highest BCUT2D eigenvalue weighted by Gasteiger charge is 2.15. The number of nitrogens with two attached hydrogens (primary N) is 2. The third-order valence-corrected chi connectivity index (χ3v) is 6.80. The average molecular weight is 618 g/mol. The van der Waals surface area contributed by atoms with E-state index in [4.69, 9.17) is 34.7 Å². The van der Waals surface area contributed by atoms with E-state index in [2.05, 4.69) is 43.5 Å². The van der Waals surface area contributed by atoms with E-state index in [-0.39, 0.29) is 11.9 Å². The molecular formula is C34H26Cl2N8. The largest absolute Gasteiger partial charge is 0.366 e. The summed E-state index contributed by atoms with van der Waals surface area (Å²) in [5.74, 6) is 0.266. The Labute approximate surface area is 264 Å². The van der Waals surface area contributed by atoms with Crippen molar-refractivity contribution >= 4 is 47.3 Å². The first kappa shape index (κ1) is 30.0. The second kappa shape index (κ2) is 13.7. The van der Waals surface area contributed by atoms with Crippen LogP contribution in [0.15, 0.2) is 110 Å². The fourth-order valence-electron chi connectivity index (χ4n) is 4.39. The molecule has 0 bridgehead atoms. The van der Waals surface area contributed by atoms with Crippen LogP contribution in [0.2, 0.25) is 10.0 Å². The predicted octanol–water partition coefficient (Wildman–Crippen LogP) is 8.17. The van der Waals surface area contributed by atoms with Crippen LogP contribution in [0.3, 0.4) is 0 Å². The molecule has 0 fully saturated rings. The summed E-state index contributed by atoms with van der Waals surface area (Å²) in [5.41, 5.74) is 19.3. The van der Waals surface area contributed by atoms with Gasteiger partial charge in [-0.25, -0.2) is 9.97 Å². The molecule has 6 aromatic rings. The quantitative estimate of drug-likeness (QED) is 0.191. The SMILES string of the molecule is C=Cc1cc(Cl)cc(-c2nnc(N)nc2-c2ccccc2)c1.C=Cc1cc(Cl)cc(-c2nnc(N)nc2-c2ccccc2)c1. The van der Waals surface area contributed by atoms with Gasteiger partial charge >= 0.3 is 0 Å². The molecule has 0 saturated heterocycles. The molecule has 0 aliphatic heterocycles. The molecule has 44 heavy (non-hydrogen) atoms. The molecule has 2 heterocycles. The second-order valence-electron chi connectivity index (χ2n) is 9.42. The second-order valence-corrected chi connectivity index (χ2v) is 10.3. The van der Waals surface area contributed by atoms with E-state index in [0.717, 1.165) is 33.4 Å². The van der Waals surface area contributed by atoms with E-state index in [1.807, 2.05) is 97.1 Å². The number of hydrogen-bond donors (Lipinski definition) is 2. The summed E-state index contributed by atoms with van der Waals surface area (Å²) in [5, 5.41) is 17.4. The highest BCUT2D eigenvalue weighted by molar-refractivity contribution is 6.31. The molecule has 0 aliphatic rings. The van der Waals surface area contributed by atoms with Crippen LogP contribution in [0.1, 0.15) is 11.1 Å². The van der Waals surface area contributed by atoms with Gasteiger partial charge in [-0.2, -0.15) is 0 Å². The monoisotopic (exact) mass is 616 g/mol. The lowest BCUT2D eigenvalue weighted by atomic mass is 10.0. The standard InChI is InChI=1S/2C17H13ClN4/c2*1-2-11-8-13(10-14(18)9-11)16-15(20-17(19)22-21-16)12-6-4-3-5-7-12/h2*2-10H,1H2,(H2,19,20,22). The smallest absolute Gasteiger partial charge is 0.240 e. The molecule has 0 amide bonds. The zero-order valence-corrected chi connectivity index (χ0v) is 24.9. The molecule has 8 nitrogen and oxygen atoms in total. The van der Waals surface area contributed by atoms with Crippen molar-refractivity contribution in [2.45, 2.75) is 0 Å². The molecule has 0 atom stereocenters. The van der Waals surface area contributed by atoms with Crippen LogP contribution in [-0.2, 0) is 0 Å². The predicted molar refractivity (Wildman–Crippen MR) is 180 cm³/mol. The van der Waals surface area contributed by atoms with Crippen molar-refractivity contribution in [1.82, 2.24) is 30.4 Å². The molecule has 0 saturated carbocycles. The summed E-state index contributed by atoms with van der Waals surface area (Å²) in [6.45, 7) is 7.54. The summed E-state index contributed by atoms with van der Waals surface area (Å²) >= 11 is 12.3. The molecule has 0 radical (unpaired) electrons. The molecule has 2 aromatic heterocycles. The van der Waals surface area contributed by atoms with Crippen LogP contribution >= 0.6 is 23.2 Å². The average Bonchev–Trinajstić information content (AvgIpc) is 3.05. The Kier molecular flexibility index (Phi) is 9.34. The highest BCUT2D eigenvalue weighted by Crippen LogP contribution is 2.32. The number of halogens is 2. The van der Waals surface area contributed by atoms with Crippen LogP contribution in [0.25, 0.3) is 57.2 Å². The van der Waals surface area contributed by atoms with E-state index in [1.54, 1.807) is 12.2 Å². The van der Waals surface area contributed by atoms with Gasteiger partial charge in [-0.05, 0) is 47.5 Å². The Morgan fingerprint density at radius 2 is 0.864 bits per heavy atom. The number of benzene rings is 4. The number of hydrogen-bond acceptors (Lipinski definition) is 8. The lowest BCUT2D eigenvalue weighted by molar-refractivity contribution is 0.997. The van der Waals surface area contributed by atoms with E-state index in [9.17, 15) is 0 Å². The highest BCUT2D eigenvalue weighted by atomic mass is 35.5. The Morgan fingerprint density at radius 3 is 1.23 bits per heavy atom. The first-order valence-electron chi connectivity index (χ1n) is 13.3. The van der Waals surface area contributed by atoms with Crippen LogP contribution < -0.4 is 11.5 Å². The van der Waals surface area contributed by atoms with Crippen molar-refractivity contribution < 1.29 is 0 Å². The Balaban J connectivity index is 0.000000175. The maximum absolute atomic E-state index is 6.17. The molecule has 10 heteroatoms. The molecule has 0 aliphatic carbocycles. The van der Waals surface area contributed by atoms with Crippen LogP contribution in [0, 0.1) is 0 Å². The summed E-state index contributed by atoms with van der Waals surface area (Å²) in [6, 6.07) is 30.6. The Morgan fingerprint density at radius 1 is 0.477 bits per heavy atom. The zero-order valence-electron chi connectivity index (χ0n) is 23.4. The minimum atomic E-state index is 0.133. The summed E-state index contributed by atoms with van der Waals surface area (Å²) in [6.07, 6.45) is 3.46. The Bertz CT molecular complexity index is 1810. The topological polar surface area (TPSA) is 129 Å². The number of rotatable bonds is 6. The summed E-state index contributed by atoms with van der Waals surface area (Å²) in [7, 11) is 0. The van der Waals surface area contributed by atoms with Crippen LogP contribution in [-0.4, -0.2) is 30.4 Å². The normalized spacial score (nSPS) is 10.4. The summed E-state index contributed by atoms with van der Waals surface area (Å²) < 4.78 is 0. The lowest BCUT2D eigenvalue weighted by Crippen LogP contribution is -2.02. The minimum Gasteiger partial charge on any atom is -0.366 e. The molecule has 0 unspecified atom stereocenters. The van der Waals surface area contributed by atoms with Gasteiger partial charge in [0.25, 0.3) is 0 Å². The number of nitrogens with zero attached hydrogens (tertiary/aromatic N) is 6. The van der Waals surface area contributed by atoms with Gasteiger partial charge in [-0.15, -0.1) is 20.4 Å².